The van der Waals surface area contributed by atoms with Crippen LogP contribution in [0.15, 0.2) is 0 Å². The van der Waals surface area contributed by atoms with E-state index in [1.54, 1.807) is 6.92 Å². The third kappa shape index (κ3) is 6.91. The maximum absolute atomic E-state index is 11.8. The maximum Gasteiger partial charge on any atom is 0.232 e. The standard InChI is InChI=1S/C21H35N3O4/c1-16-14-23(15-16)19(26)10-6-3-7-11-22-18(25)9-5-4-8-12-24-20(27)13-17(2)21(24)28/h16-17H,3-15H2,1-2H3,(H,22,25). The molecule has 0 bridgehead atoms. The van der Waals surface area contributed by atoms with E-state index < -0.39 is 0 Å². The Morgan fingerprint density at radius 1 is 0.964 bits per heavy atom. The predicted octanol–water partition coefficient (Wildman–Crippen LogP) is 2.10. The smallest absolute Gasteiger partial charge is 0.232 e. The molecule has 1 N–H and O–H groups in total. The van der Waals surface area contributed by atoms with Gasteiger partial charge in [-0.05, 0) is 31.6 Å². The molecule has 2 aliphatic rings. The van der Waals surface area contributed by atoms with E-state index in [0.29, 0.717) is 38.3 Å². The largest absolute Gasteiger partial charge is 0.356 e. The third-order valence-corrected chi connectivity index (χ3v) is 5.56. The molecule has 28 heavy (non-hydrogen) atoms. The summed E-state index contributed by atoms with van der Waals surface area (Å²) in [6, 6.07) is 0. The average Bonchev–Trinajstić information content (AvgIpc) is 2.87. The first kappa shape index (κ1) is 22.4. The van der Waals surface area contributed by atoms with Crippen LogP contribution in [-0.4, -0.2) is 59.6 Å². The zero-order chi connectivity index (χ0) is 20.5. The van der Waals surface area contributed by atoms with Crippen molar-refractivity contribution < 1.29 is 19.2 Å². The summed E-state index contributed by atoms with van der Waals surface area (Å²) in [5.74, 6) is 0.630. The Labute approximate surface area is 168 Å². The maximum atomic E-state index is 11.8. The van der Waals surface area contributed by atoms with Crippen molar-refractivity contribution in [2.75, 3.05) is 26.2 Å². The van der Waals surface area contributed by atoms with Gasteiger partial charge in [-0.15, -0.1) is 0 Å². The van der Waals surface area contributed by atoms with Crippen LogP contribution in [0.2, 0.25) is 0 Å². The number of nitrogens with one attached hydrogen (secondary N) is 1. The monoisotopic (exact) mass is 393 g/mol. The zero-order valence-corrected chi connectivity index (χ0v) is 17.4. The summed E-state index contributed by atoms with van der Waals surface area (Å²) in [6.07, 6.45) is 6.49. The lowest BCUT2D eigenvalue weighted by molar-refractivity contribution is -0.139. The molecule has 0 saturated carbocycles. The van der Waals surface area contributed by atoms with Crippen molar-refractivity contribution >= 4 is 23.6 Å². The van der Waals surface area contributed by atoms with Gasteiger partial charge in [-0.3, -0.25) is 24.1 Å². The zero-order valence-electron chi connectivity index (χ0n) is 17.4. The second-order valence-corrected chi connectivity index (χ2v) is 8.36. The molecule has 0 aromatic carbocycles. The van der Waals surface area contributed by atoms with Crippen molar-refractivity contribution in [2.45, 2.75) is 71.6 Å². The number of hydrogen-bond acceptors (Lipinski definition) is 4. The Bertz CT molecular complexity index is 572. The summed E-state index contributed by atoms with van der Waals surface area (Å²) >= 11 is 0. The van der Waals surface area contributed by atoms with Crippen LogP contribution in [0, 0.1) is 11.8 Å². The van der Waals surface area contributed by atoms with Crippen LogP contribution in [0.5, 0.6) is 0 Å². The first-order valence-corrected chi connectivity index (χ1v) is 10.8. The molecule has 0 aromatic rings. The number of carbonyl (C=O) groups is 4. The summed E-state index contributed by atoms with van der Waals surface area (Å²) in [4.78, 5) is 50.4. The predicted molar refractivity (Wildman–Crippen MR) is 106 cm³/mol. The highest BCUT2D eigenvalue weighted by atomic mass is 16.2. The van der Waals surface area contributed by atoms with Gasteiger partial charge >= 0.3 is 0 Å². The molecule has 1 unspecified atom stereocenters. The summed E-state index contributed by atoms with van der Waals surface area (Å²) in [6.45, 7) is 6.87. The topological polar surface area (TPSA) is 86.8 Å². The van der Waals surface area contributed by atoms with Gasteiger partial charge in [0.1, 0.15) is 0 Å². The first-order valence-electron chi connectivity index (χ1n) is 10.8. The van der Waals surface area contributed by atoms with E-state index in [2.05, 4.69) is 12.2 Å². The number of imide groups is 1. The van der Waals surface area contributed by atoms with Gasteiger partial charge in [0.15, 0.2) is 0 Å². The van der Waals surface area contributed by atoms with E-state index in [4.69, 9.17) is 0 Å². The summed E-state index contributed by atoms with van der Waals surface area (Å²) in [5.41, 5.74) is 0. The quantitative estimate of drug-likeness (QED) is 0.406. The number of carbonyl (C=O) groups excluding carboxylic acids is 4. The van der Waals surface area contributed by atoms with Gasteiger partial charge in [-0.25, -0.2) is 0 Å². The van der Waals surface area contributed by atoms with Crippen LogP contribution >= 0.6 is 0 Å². The number of amides is 4. The molecule has 7 nitrogen and oxygen atoms in total. The lowest BCUT2D eigenvalue weighted by Crippen LogP contribution is -2.48. The highest BCUT2D eigenvalue weighted by Crippen LogP contribution is 2.19. The van der Waals surface area contributed by atoms with E-state index in [9.17, 15) is 19.2 Å². The summed E-state index contributed by atoms with van der Waals surface area (Å²) in [5, 5.41) is 2.92. The van der Waals surface area contributed by atoms with Gasteiger partial charge in [-0.1, -0.05) is 26.7 Å². The Hall–Kier alpha value is -1.92. The van der Waals surface area contributed by atoms with Gasteiger partial charge in [0.25, 0.3) is 0 Å². The minimum absolute atomic E-state index is 0.0487. The summed E-state index contributed by atoms with van der Waals surface area (Å²) < 4.78 is 0. The van der Waals surface area contributed by atoms with E-state index in [0.717, 1.165) is 51.6 Å². The highest BCUT2D eigenvalue weighted by Gasteiger charge is 2.34. The summed E-state index contributed by atoms with van der Waals surface area (Å²) in [7, 11) is 0. The molecule has 0 aromatic heterocycles. The fourth-order valence-corrected chi connectivity index (χ4v) is 3.77. The lowest BCUT2D eigenvalue weighted by Gasteiger charge is -2.37. The van der Waals surface area contributed by atoms with E-state index in [1.807, 2.05) is 4.90 Å². The molecule has 158 valence electrons. The lowest BCUT2D eigenvalue weighted by atomic mass is 10.0. The SMILES string of the molecule is CC1CN(C(=O)CCCCCNC(=O)CCCCCN2C(=O)CC(C)C2=O)C1. The van der Waals surface area contributed by atoms with Gasteiger partial charge in [0.05, 0.1) is 0 Å². The molecule has 1 atom stereocenters. The Balaban J connectivity index is 1.39. The second kappa shape index (κ2) is 11.2. The van der Waals surface area contributed by atoms with Crippen molar-refractivity contribution in [3.05, 3.63) is 0 Å². The number of hydrogen-bond donors (Lipinski definition) is 1. The molecule has 2 saturated heterocycles. The van der Waals surface area contributed by atoms with Gasteiger partial charge < -0.3 is 10.2 Å². The number of unbranched alkanes of at least 4 members (excludes halogenated alkanes) is 4. The Kier molecular flexibility index (Phi) is 8.93. The van der Waals surface area contributed by atoms with Gasteiger partial charge in [0, 0.05) is 51.4 Å². The number of rotatable bonds is 12. The second-order valence-electron chi connectivity index (χ2n) is 8.36. The first-order chi connectivity index (χ1) is 13.4. The molecule has 2 fully saturated rings. The van der Waals surface area contributed by atoms with Crippen LogP contribution in [0.1, 0.15) is 71.6 Å². The van der Waals surface area contributed by atoms with Gasteiger partial charge in [0.2, 0.25) is 23.6 Å². The molecular weight excluding hydrogens is 358 g/mol. The van der Waals surface area contributed by atoms with Crippen molar-refractivity contribution in [3.8, 4) is 0 Å². The molecule has 4 amide bonds. The Morgan fingerprint density at radius 3 is 2.29 bits per heavy atom. The average molecular weight is 394 g/mol. The van der Waals surface area contributed by atoms with E-state index >= 15 is 0 Å². The highest BCUT2D eigenvalue weighted by molar-refractivity contribution is 6.03. The van der Waals surface area contributed by atoms with Crippen LogP contribution in [0.4, 0.5) is 0 Å². The van der Waals surface area contributed by atoms with Crippen LogP contribution in [0.25, 0.3) is 0 Å². The van der Waals surface area contributed by atoms with Crippen molar-refractivity contribution in [1.82, 2.24) is 15.1 Å². The van der Waals surface area contributed by atoms with E-state index in [-0.39, 0.29) is 29.5 Å². The van der Waals surface area contributed by atoms with E-state index in [1.165, 1.54) is 4.90 Å². The van der Waals surface area contributed by atoms with Crippen LogP contribution in [-0.2, 0) is 19.2 Å². The fraction of sp³-hybridized carbons (Fsp3) is 0.810. The number of likely N-dealkylation sites (tertiary alicyclic amines) is 2. The minimum Gasteiger partial charge on any atom is -0.356 e. The molecule has 0 aliphatic carbocycles. The van der Waals surface area contributed by atoms with Crippen LogP contribution < -0.4 is 5.32 Å². The fourth-order valence-electron chi connectivity index (χ4n) is 3.77. The van der Waals surface area contributed by atoms with Crippen molar-refractivity contribution in [1.29, 1.82) is 0 Å². The van der Waals surface area contributed by atoms with Crippen molar-refractivity contribution in [2.24, 2.45) is 11.8 Å². The molecule has 7 heteroatoms. The van der Waals surface area contributed by atoms with Crippen molar-refractivity contribution in [3.63, 3.8) is 0 Å². The number of nitrogens with zero attached hydrogens (tertiary/aromatic N) is 2. The van der Waals surface area contributed by atoms with Gasteiger partial charge in [-0.2, -0.15) is 0 Å². The molecule has 0 spiro atoms. The molecular formula is C21H35N3O4. The molecule has 0 radical (unpaired) electrons. The minimum atomic E-state index is -0.184. The molecule has 2 heterocycles. The normalized spacial score (nSPS) is 19.9. The van der Waals surface area contributed by atoms with Crippen LogP contribution in [0.3, 0.4) is 0 Å². The molecule has 2 aliphatic heterocycles. The Morgan fingerprint density at radius 2 is 1.64 bits per heavy atom. The molecule has 2 rings (SSSR count). The third-order valence-electron chi connectivity index (χ3n) is 5.56.